The number of aromatic carboxylic acids is 1. The zero-order valence-corrected chi connectivity index (χ0v) is 10.5. The number of carboxylic acids is 1. The Morgan fingerprint density at radius 2 is 2.26 bits per heavy atom. The van der Waals surface area contributed by atoms with Gasteiger partial charge in [-0.2, -0.15) is 0 Å². The van der Waals surface area contributed by atoms with Crippen molar-refractivity contribution in [1.29, 1.82) is 0 Å². The highest BCUT2D eigenvalue weighted by Crippen LogP contribution is 2.25. The van der Waals surface area contributed by atoms with Crippen LogP contribution in [0, 0.1) is 0 Å². The summed E-state index contributed by atoms with van der Waals surface area (Å²) in [5.41, 5.74) is 0.0722. The van der Waals surface area contributed by atoms with Crippen LogP contribution in [0.5, 0.6) is 11.5 Å². The topological polar surface area (TPSA) is 86.5 Å². The minimum atomic E-state index is -1.06. The molecule has 1 N–H and O–H groups in total. The van der Waals surface area contributed by atoms with Gasteiger partial charge < -0.3 is 19.1 Å². The molecule has 0 spiro atoms. The number of carbonyl (C=O) groups is 1. The Morgan fingerprint density at radius 3 is 2.84 bits per heavy atom. The first-order chi connectivity index (χ1) is 9.11. The smallest absolute Gasteiger partial charge is 0.339 e. The molecule has 0 saturated heterocycles. The first-order valence-corrected chi connectivity index (χ1v) is 5.49. The minimum absolute atomic E-state index is 0.0722. The van der Waals surface area contributed by atoms with Crippen molar-refractivity contribution < 1.29 is 19.4 Å². The molecule has 1 aromatic carbocycles. The van der Waals surface area contributed by atoms with E-state index in [2.05, 4.69) is 10.2 Å². The highest BCUT2D eigenvalue weighted by Gasteiger charge is 2.13. The lowest BCUT2D eigenvalue weighted by molar-refractivity contribution is 0.0691. The van der Waals surface area contributed by atoms with E-state index in [0.29, 0.717) is 11.6 Å². The SMILES string of the molecule is COc1ccc(C(=O)O)c(OCc2nncn2C)c1. The summed E-state index contributed by atoms with van der Waals surface area (Å²) in [4.78, 5) is 11.1. The van der Waals surface area contributed by atoms with Crippen LogP contribution in [0.4, 0.5) is 0 Å². The largest absolute Gasteiger partial charge is 0.497 e. The Hall–Kier alpha value is -2.57. The van der Waals surface area contributed by atoms with Gasteiger partial charge in [0, 0.05) is 13.1 Å². The lowest BCUT2D eigenvalue weighted by Crippen LogP contribution is -2.07. The third kappa shape index (κ3) is 2.82. The fourth-order valence-corrected chi connectivity index (χ4v) is 1.51. The maximum atomic E-state index is 11.1. The van der Waals surface area contributed by atoms with E-state index in [1.807, 2.05) is 0 Å². The molecule has 100 valence electrons. The summed E-state index contributed by atoms with van der Waals surface area (Å²) in [6.07, 6.45) is 1.54. The summed E-state index contributed by atoms with van der Waals surface area (Å²) in [6, 6.07) is 4.53. The third-order valence-electron chi connectivity index (χ3n) is 2.58. The predicted molar refractivity (Wildman–Crippen MR) is 65.3 cm³/mol. The van der Waals surface area contributed by atoms with Crippen LogP contribution in [0.3, 0.4) is 0 Å². The standard InChI is InChI=1S/C12H13N3O4/c1-15-7-13-14-11(15)6-19-10-5-8(18-2)3-4-9(10)12(16)17/h3-5,7H,6H2,1-2H3,(H,16,17). The van der Waals surface area contributed by atoms with E-state index in [4.69, 9.17) is 14.6 Å². The van der Waals surface area contributed by atoms with E-state index >= 15 is 0 Å². The van der Waals surface area contributed by atoms with E-state index < -0.39 is 5.97 Å². The second-order valence-electron chi connectivity index (χ2n) is 3.81. The lowest BCUT2D eigenvalue weighted by Gasteiger charge is -2.10. The fraction of sp³-hybridized carbons (Fsp3) is 0.250. The summed E-state index contributed by atoms with van der Waals surface area (Å²) in [6.45, 7) is 0.129. The molecule has 0 atom stereocenters. The average Bonchev–Trinajstić information content (AvgIpc) is 2.81. The number of hydrogen-bond acceptors (Lipinski definition) is 5. The van der Waals surface area contributed by atoms with Crippen LogP contribution in [0.15, 0.2) is 24.5 Å². The summed E-state index contributed by atoms with van der Waals surface area (Å²) >= 11 is 0. The normalized spacial score (nSPS) is 10.2. The highest BCUT2D eigenvalue weighted by molar-refractivity contribution is 5.91. The van der Waals surface area contributed by atoms with Crippen LogP contribution < -0.4 is 9.47 Å². The fourth-order valence-electron chi connectivity index (χ4n) is 1.51. The molecule has 7 heteroatoms. The molecule has 2 rings (SSSR count). The van der Waals surface area contributed by atoms with Gasteiger partial charge in [0.15, 0.2) is 5.82 Å². The van der Waals surface area contributed by atoms with Crippen LogP contribution in [-0.4, -0.2) is 33.0 Å². The van der Waals surface area contributed by atoms with Crippen molar-refractivity contribution in [2.75, 3.05) is 7.11 Å². The molecule has 0 aliphatic rings. The van der Waals surface area contributed by atoms with Crippen molar-refractivity contribution in [2.45, 2.75) is 6.61 Å². The summed E-state index contributed by atoms with van der Waals surface area (Å²) in [5, 5.41) is 16.7. The van der Waals surface area contributed by atoms with E-state index in [9.17, 15) is 4.79 Å². The summed E-state index contributed by atoms with van der Waals surface area (Å²) in [5.74, 6) is 0.294. The molecule has 19 heavy (non-hydrogen) atoms. The number of aromatic nitrogens is 3. The molecule has 0 unspecified atom stereocenters. The molecule has 0 aliphatic carbocycles. The Morgan fingerprint density at radius 1 is 1.47 bits per heavy atom. The first-order valence-electron chi connectivity index (χ1n) is 5.49. The number of nitrogens with zero attached hydrogens (tertiary/aromatic N) is 3. The maximum absolute atomic E-state index is 11.1. The van der Waals surface area contributed by atoms with Crippen LogP contribution in [0.25, 0.3) is 0 Å². The number of carboxylic acid groups (broad SMARTS) is 1. The Balaban J connectivity index is 2.22. The van der Waals surface area contributed by atoms with Gasteiger partial charge in [-0.3, -0.25) is 0 Å². The molecule has 0 radical (unpaired) electrons. The van der Waals surface area contributed by atoms with Gasteiger partial charge in [-0.15, -0.1) is 10.2 Å². The second kappa shape index (κ2) is 5.38. The van der Waals surface area contributed by atoms with Gasteiger partial charge in [0.25, 0.3) is 0 Å². The average molecular weight is 263 g/mol. The number of hydrogen-bond donors (Lipinski definition) is 1. The maximum Gasteiger partial charge on any atom is 0.339 e. The van der Waals surface area contributed by atoms with E-state index in [0.717, 1.165) is 0 Å². The molecule has 0 saturated carbocycles. The Labute approximate surface area is 109 Å². The summed E-state index contributed by atoms with van der Waals surface area (Å²) < 4.78 is 12.2. The van der Waals surface area contributed by atoms with Crippen molar-refractivity contribution in [3.8, 4) is 11.5 Å². The molecule has 0 amide bonds. The van der Waals surface area contributed by atoms with E-state index in [-0.39, 0.29) is 17.9 Å². The van der Waals surface area contributed by atoms with Gasteiger partial charge in [0.2, 0.25) is 0 Å². The first kappa shape index (κ1) is 12.9. The quantitative estimate of drug-likeness (QED) is 0.869. The van der Waals surface area contributed by atoms with Gasteiger partial charge in [0.1, 0.15) is 30.0 Å². The minimum Gasteiger partial charge on any atom is -0.497 e. The van der Waals surface area contributed by atoms with Crippen molar-refractivity contribution in [2.24, 2.45) is 7.05 Å². The molecule has 1 aromatic heterocycles. The van der Waals surface area contributed by atoms with E-state index in [1.54, 1.807) is 24.0 Å². The van der Waals surface area contributed by atoms with Crippen LogP contribution in [0.1, 0.15) is 16.2 Å². The van der Waals surface area contributed by atoms with Gasteiger partial charge in [-0.05, 0) is 12.1 Å². The van der Waals surface area contributed by atoms with Gasteiger partial charge in [-0.1, -0.05) is 0 Å². The Kier molecular flexibility index (Phi) is 3.65. The number of rotatable bonds is 5. The lowest BCUT2D eigenvalue weighted by atomic mass is 10.2. The molecule has 2 aromatic rings. The van der Waals surface area contributed by atoms with Crippen molar-refractivity contribution in [3.63, 3.8) is 0 Å². The number of aryl methyl sites for hydroxylation is 1. The summed E-state index contributed by atoms with van der Waals surface area (Å²) in [7, 11) is 3.28. The zero-order valence-electron chi connectivity index (χ0n) is 10.5. The van der Waals surface area contributed by atoms with Crippen molar-refractivity contribution in [1.82, 2.24) is 14.8 Å². The van der Waals surface area contributed by atoms with Gasteiger partial charge in [0.05, 0.1) is 7.11 Å². The molecule has 0 bridgehead atoms. The van der Waals surface area contributed by atoms with Crippen LogP contribution in [0.2, 0.25) is 0 Å². The van der Waals surface area contributed by atoms with Gasteiger partial charge >= 0.3 is 5.97 Å². The predicted octanol–water partition coefficient (Wildman–Crippen LogP) is 1.10. The molecule has 7 nitrogen and oxygen atoms in total. The number of benzene rings is 1. The van der Waals surface area contributed by atoms with E-state index in [1.165, 1.54) is 19.2 Å². The highest BCUT2D eigenvalue weighted by atomic mass is 16.5. The second-order valence-corrected chi connectivity index (χ2v) is 3.81. The number of ether oxygens (including phenoxy) is 2. The molecule has 0 fully saturated rings. The monoisotopic (exact) mass is 263 g/mol. The van der Waals surface area contributed by atoms with Crippen LogP contribution in [-0.2, 0) is 13.7 Å². The molecular weight excluding hydrogens is 250 g/mol. The van der Waals surface area contributed by atoms with Crippen LogP contribution >= 0.6 is 0 Å². The Bertz CT molecular complexity index is 594. The molecule has 0 aliphatic heterocycles. The van der Waals surface area contributed by atoms with Crippen molar-refractivity contribution in [3.05, 3.63) is 35.9 Å². The third-order valence-corrected chi connectivity index (χ3v) is 2.58. The molecular formula is C12H13N3O4. The zero-order chi connectivity index (χ0) is 13.8. The van der Waals surface area contributed by atoms with Gasteiger partial charge in [-0.25, -0.2) is 4.79 Å². The van der Waals surface area contributed by atoms with Crippen molar-refractivity contribution >= 4 is 5.97 Å². The number of methoxy groups -OCH3 is 1. The molecule has 1 heterocycles.